The molecule has 0 radical (unpaired) electrons. The average molecular weight is 478 g/mol. The minimum atomic E-state index is -0.775. The van der Waals surface area contributed by atoms with Gasteiger partial charge in [0.05, 0.1) is 4.90 Å². The summed E-state index contributed by atoms with van der Waals surface area (Å²) in [6.45, 7) is 3.50. The Morgan fingerprint density at radius 2 is 1.70 bits per heavy atom. The van der Waals surface area contributed by atoms with Crippen molar-refractivity contribution in [1.29, 1.82) is 0 Å². The van der Waals surface area contributed by atoms with E-state index in [1.54, 1.807) is 11.6 Å². The number of nitrogens with zero attached hydrogens (tertiary/aromatic N) is 3. The van der Waals surface area contributed by atoms with Gasteiger partial charge in [-0.25, -0.2) is 8.78 Å². The van der Waals surface area contributed by atoms with Crippen LogP contribution in [0.1, 0.15) is 81.4 Å². The zero-order valence-corrected chi connectivity index (χ0v) is 20.6. The number of allylic oxidation sites excluding steroid dienone is 4. The van der Waals surface area contributed by atoms with Gasteiger partial charge in [-0.05, 0) is 50.1 Å². The van der Waals surface area contributed by atoms with Gasteiger partial charge >= 0.3 is 0 Å². The minimum absolute atomic E-state index is 0.0121. The molecule has 0 saturated heterocycles. The number of carbonyl (C=O) groups excluding carboxylic acids is 1. The molecule has 0 spiro atoms. The first-order valence-corrected chi connectivity index (χ1v) is 12.1. The van der Waals surface area contributed by atoms with E-state index in [4.69, 9.17) is 5.11 Å². The first kappa shape index (κ1) is 26.9. The van der Waals surface area contributed by atoms with Gasteiger partial charge in [0, 0.05) is 25.3 Å². The highest BCUT2D eigenvalue weighted by molar-refractivity contribution is 7.99. The maximum absolute atomic E-state index is 14.4. The second kappa shape index (κ2) is 13.4. The zero-order chi connectivity index (χ0) is 24.4. The van der Waals surface area contributed by atoms with E-state index in [0.29, 0.717) is 11.0 Å². The van der Waals surface area contributed by atoms with Crippen molar-refractivity contribution in [3.63, 3.8) is 0 Å². The summed E-state index contributed by atoms with van der Waals surface area (Å²) in [5.41, 5.74) is 2.47. The molecule has 0 aliphatic heterocycles. The molecule has 0 fully saturated rings. The number of benzene rings is 1. The van der Waals surface area contributed by atoms with Crippen LogP contribution in [0.25, 0.3) is 5.57 Å². The van der Waals surface area contributed by atoms with Crippen LogP contribution in [0.15, 0.2) is 39.9 Å². The summed E-state index contributed by atoms with van der Waals surface area (Å²) in [5.74, 6) is -1.23. The fraction of sp³-hybridized carbons (Fsp3) is 0.480. The maximum atomic E-state index is 14.4. The van der Waals surface area contributed by atoms with Crippen molar-refractivity contribution >= 4 is 23.1 Å². The molecule has 0 saturated carbocycles. The summed E-state index contributed by atoms with van der Waals surface area (Å²) in [6.07, 6.45) is 13.8. The lowest BCUT2D eigenvalue weighted by atomic mass is 10.0. The molecule has 2 aromatic rings. The van der Waals surface area contributed by atoms with Crippen LogP contribution < -0.4 is 0 Å². The Kier molecular flexibility index (Phi) is 10.9. The van der Waals surface area contributed by atoms with Gasteiger partial charge in [-0.3, -0.25) is 4.79 Å². The van der Waals surface area contributed by atoms with Crippen LogP contribution in [-0.2, 0) is 7.05 Å². The SMILES string of the molecule is CCCCCCCCC1=CC=C(c2nnc(Sc3c(F)cc(C(C)=O)cc3F)n2C)C1.CO. The molecule has 0 atom stereocenters. The van der Waals surface area contributed by atoms with Crippen molar-refractivity contribution in [2.45, 2.75) is 75.3 Å². The number of rotatable bonds is 11. The highest BCUT2D eigenvalue weighted by Crippen LogP contribution is 2.35. The number of aliphatic hydroxyl groups excluding tert-OH is 1. The van der Waals surface area contributed by atoms with Gasteiger partial charge < -0.3 is 9.67 Å². The number of ketones is 1. The van der Waals surface area contributed by atoms with Gasteiger partial charge in [-0.15, -0.1) is 10.2 Å². The number of halogens is 2. The molecule has 1 N–H and O–H groups in total. The molecule has 8 heteroatoms. The number of aromatic nitrogens is 3. The Bertz CT molecular complexity index is 992. The molecule has 33 heavy (non-hydrogen) atoms. The normalized spacial score (nSPS) is 12.8. The molecular weight excluding hydrogens is 444 g/mol. The molecule has 1 aliphatic rings. The molecule has 1 aliphatic carbocycles. The minimum Gasteiger partial charge on any atom is -0.400 e. The molecule has 0 bridgehead atoms. The van der Waals surface area contributed by atoms with E-state index in [9.17, 15) is 13.6 Å². The molecule has 1 aromatic carbocycles. The third-order valence-electron chi connectivity index (χ3n) is 5.51. The highest BCUT2D eigenvalue weighted by Gasteiger charge is 2.21. The van der Waals surface area contributed by atoms with Gasteiger partial charge in [0.15, 0.2) is 16.8 Å². The van der Waals surface area contributed by atoms with E-state index >= 15 is 0 Å². The molecule has 3 rings (SSSR count). The van der Waals surface area contributed by atoms with E-state index in [1.807, 2.05) is 0 Å². The predicted octanol–water partition coefficient (Wildman–Crippen LogP) is 6.52. The summed E-state index contributed by atoms with van der Waals surface area (Å²) in [4.78, 5) is 11.2. The molecular formula is C25H33F2N3O2S. The Morgan fingerprint density at radius 1 is 1.06 bits per heavy atom. The Labute approximate surface area is 199 Å². The smallest absolute Gasteiger partial charge is 0.196 e. The van der Waals surface area contributed by atoms with Gasteiger partial charge in [-0.2, -0.15) is 0 Å². The maximum Gasteiger partial charge on any atom is 0.196 e. The summed E-state index contributed by atoms with van der Waals surface area (Å²) in [6, 6.07) is 2.12. The monoisotopic (exact) mass is 477 g/mol. The standard InChI is InChI=1S/C24H29F2N3OS.CH4O/c1-4-5-6-7-8-9-10-17-11-12-18(13-17)23-27-28-24(29(23)3)31-22-20(25)14-19(16(2)30)15-21(22)26;1-2/h11-12,14-15H,4-10,13H2,1-3H3;2H,1H3. The molecule has 0 amide bonds. The van der Waals surface area contributed by atoms with Crippen molar-refractivity contribution < 1.29 is 18.7 Å². The van der Waals surface area contributed by atoms with Crippen LogP contribution in [0.5, 0.6) is 0 Å². The van der Waals surface area contributed by atoms with Gasteiger partial charge in [0.2, 0.25) is 0 Å². The third-order valence-corrected chi connectivity index (χ3v) is 6.64. The summed E-state index contributed by atoms with van der Waals surface area (Å²) in [5, 5.41) is 15.8. The quantitative estimate of drug-likeness (QED) is 0.295. The van der Waals surface area contributed by atoms with Crippen LogP contribution in [0, 0.1) is 11.6 Å². The number of carbonyl (C=O) groups is 1. The number of hydrogen-bond acceptors (Lipinski definition) is 5. The van der Waals surface area contributed by atoms with E-state index in [0.717, 1.165) is 49.4 Å². The van der Waals surface area contributed by atoms with Crippen LogP contribution >= 0.6 is 11.8 Å². The van der Waals surface area contributed by atoms with Gasteiger partial charge in [0.1, 0.15) is 11.6 Å². The second-order valence-electron chi connectivity index (χ2n) is 8.00. The van der Waals surface area contributed by atoms with Crippen molar-refractivity contribution in [2.24, 2.45) is 7.05 Å². The second-order valence-corrected chi connectivity index (χ2v) is 8.98. The van der Waals surface area contributed by atoms with Crippen molar-refractivity contribution in [1.82, 2.24) is 14.8 Å². The largest absolute Gasteiger partial charge is 0.400 e. The molecule has 1 heterocycles. The predicted molar refractivity (Wildman–Crippen MR) is 128 cm³/mol. The lowest BCUT2D eigenvalue weighted by molar-refractivity contribution is 0.101. The topological polar surface area (TPSA) is 68.0 Å². The van der Waals surface area contributed by atoms with Crippen molar-refractivity contribution in [3.8, 4) is 0 Å². The number of unbranched alkanes of at least 4 members (excludes halogenated alkanes) is 5. The first-order valence-electron chi connectivity index (χ1n) is 11.3. The van der Waals surface area contributed by atoms with Crippen LogP contribution in [0.2, 0.25) is 0 Å². The van der Waals surface area contributed by atoms with Crippen molar-refractivity contribution in [3.05, 3.63) is 52.9 Å². The van der Waals surface area contributed by atoms with E-state index < -0.39 is 11.6 Å². The molecule has 1 aromatic heterocycles. The van der Waals surface area contributed by atoms with E-state index in [2.05, 4.69) is 29.3 Å². The Morgan fingerprint density at radius 3 is 2.33 bits per heavy atom. The van der Waals surface area contributed by atoms with Crippen LogP contribution in [-0.4, -0.2) is 32.8 Å². The highest BCUT2D eigenvalue weighted by atomic mass is 32.2. The van der Waals surface area contributed by atoms with Crippen molar-refractivity contribution in [2.75, 3.05) is 7.11 Å². The fourth-order valence-corrected chi connectivity index (χ4v) is 4.47. The average Bonchev–Trinajstić information content (AvgIpc) is 3.40. The molecule has 180 valence electrons. The number of aliphatic hydroxyl groups is 1. The summed E-state index contributed by atoms with van der Waals surface area (Å²) < 4.78 is 30.5. The molecule has 5 nitrogen and oxygen atoms in total. The molecule has 0 unspecified atom stereocenters. The van der Waals surface area contributed by atoms with E-state index in [1.165, 1.54) is 51.0 Å². The lowest BCUT2D eigenvalue weighted by Gasteiger charge is -2.08. The van der Waals surface area contributed by atoms with Gasteiger partial charge in [-0.1, -0.05) is 56.8 Å². The van der Waals surface area contributed by atoms with E-state index in [-0.39, 0.29) is 16.2 Å². The Balaban J connectivity index is 0.00000187. The summed E-state index contributed by atoms with van der Waals surface area (Å²) in [7, 11) is 2.80. The third kappa shape index (κ3) is 7.33. The summed E-state index contributed by atoms with van der Waals surface area (Å²) >= 11 is 0.875. The van der Waals surface area contributed by atoms with Crippen LogP contribution in [0.3, 0.4) is 0 Å². The lowest BCUT2D eigenvalue weighted by Crippen LogP contribution is -2.00. The van der Waals surface area contributed by atoms with Crippen LogP contribution in [0.4, 0.5) is 8.78 Å². The van der Waals surface area contributed by atoms with Gasteiger partial charge in [0.25, 0.3) is 0 Å². The number of Topliss-reactive ketones (excluding diaryl/α,β-unsaturated/α-hetero) is 1. The first-order chi connectivity index (χ1) is 15.9. The number of hydrogen-bond donors (Lipinski definition) is 1. The fourth-order valence-electron chi connectivity index (χ4n) is 3.67. The Hall–Kier alpha value is -2.32. The zero-order valence-electron chi connectivity index (χ0n) is 19.8.